The smallest absolute Gasteiger partial charge is 0.341 e. The van der Waals surface area contributed by atoms with E-state index in [1.165, 1.54) is 6.07 Å². The average molecular weight is 246 g/mol. The predicted molar refractivity (Wildman–Crippen MR) is 64.0 cm³/mol. The van der Waals surface area contributed by atoms with Crippen molar-refractivity contribution in [2.75, 3.05) is 6.61 Å². The van der Waals surface area contributed by atoms with Crippen LogP contribution in [0.3, 0.4) is 0 Å². The Morgan fingerprint density at radius 1 is 1.11 bits per heavy atom. The Kier molecular flexibility index (Phi) is 3.14. The summed E-state index contributed by atoms with van der Waals surface area (Å²) in [6, 6.07) is 9.90. The van der Waals surface area contributed by atoms with Crippen LogP contribution in [-0.2, 0) is 4.79 Å². The van der Waals surface area contributed by atoms with Crippen LogP contribution in [0.2, 0.25) is 0 Å². The summed E-state index contributed by atoms with van der Waals surface area (Å²) in [5.74, 6) is -1.96. The summed E-state index contributed by atoms with van der Waals surface area (Å²) < 4.78 is 5.00. The molecule has 2 rings (SSSR count). The second-order valence-corrected chi connectivity index (χ2v) is 3.68. The molecule has 2 aromatic carbocycles. The lowest BCUT2D eigenvalue weighted by molar-refractivity contribution is -0.139. The highest BCUT2D eigenvalue weighted by Gasteiger charge is 2.11. The third-order valence-electron chi connectivity index (χ3n) is 2.43. The summed E-state index contributed by atoms with van der Waals surface area (Å²) in [4.78, 5) is 21.5. The summed E-state index contributed by atoms with van der Waals surface area (Å²) in [5.41, 5.74) is 0.0912. The van der Waals surface area contributed by atoms with Gasteiger partial charge in [-0.05, 0) is 22.9 Å². The van der Waals surface area contributed by atoms with E-state index in [1.807, 2.05) is 0 Å². The lowest BCUT2D eigenvalue weighted by atomic mass is 10.0. The molecule has 0 bridgehead atoms. The number of aromatic carboxylic acids is 1. The first kappa shape index (κ1) is 11.9. The zero-order valence-electron chi connectivity index (χ0n) is 9.29. The third-order valence-corrected chi connectivity index (χ3v) is 2.43. The number of hydrogen-bond acceptors (Lipinski definition) is 3. The molecule has 0 unspecified atom stereocenters. The average Bonchev–Trinajstić information content (AvgIpc) is 2.35. The number of carbonyl (C=O) groups is 2. The Hall–Kier alpha value is -2.56. The first-order chi connectivity index (χ1) is 8.58. The van der Waals surface area contributed by atoms with Gasteiger partial charge in [0, 0.05) is 0 Å². The summed E-state index contributed by atoms with van der Waals surface area (Å²) in [7, 11) is 0. The van der Waals surface area contributed by atoms with Crippen molar-refractivity contribution in [3.05, 3.63) is 42.0 Å². The predicted octanol–water partition coefficient (Wildman–Crippen LogP) is 2.00. The zero-order valence-corrected chi connectivity index (χ0v) is 9.29. The highest BCUT2D eigenvalue weighted by atomic mass is 16.5. The van der Waals surface area contributed by atoms with Crippen molar-refractivity contribution in [1.82, 2.24) is 0 Å². The molecule has 0 radical (unpaired) electrons. The Balaban J connectivity index is 2.50. The first-order valence-corrected chi connectivity index (χ1v) is 5.18. The molecule has 0 fully saturated rings. The summed E-state index contributed by atoms with van der Waals surface area (Å²) in [6.07, 6.45) is 0. The van der Waals surface area contributed by atoms with Crippen molar-refractivity contribution >= 4 is 22.7 Å². The molecule has 0 amide bonds. The van der Waals surface area contributed by atoms with Crippen LogP contribution in [0.4, 0.5) is 0 Å². The Labute approximate surface area is 102 Å². The lowest BCUT2D eigenvalue weighted by Crippen LogP contribution is -2.10. The highest BCUT2D eigenvalue weighted by molar-refractivity contribution is 6.04. The molecule has 0 saturated carbocycles. The number of benzene rings is 2. The quantitative estimate of drug-likeness (QED) is 0.861. The standard InChI is InChI=1S/C13H10O5/c14-12(15)7-18-9-5-8-3-1-2-4-10(8)11(6-9)13(16)17/h1-6H,7H2,(H,14,15)(H,16,17). The van der Waals surface area contributed by atoms with E-state index in [9.17, 15) is 9.59 Å². The van der Waals surface area contributed by atoms with Gasteiger partial charge in [-0.15, -0.1) is 0 Å². The number of carboxylic acid groups (broad SMARTS) is 2. The molecule has 0 aromatic heterocycles. The van der Waals surface area contributed by atoms with Crippen molar-refractivity contribution in [1.29, 1.82) is 0 Å². The summed E-state index contributed by atoms with van der Waals surface area (Å²) in [5, 5.41) is 18.9. The second kappa shape index (κ2) is 4.75. The molecule has 0 saturated heterocycles. The molecule has 18 heavy (non-hydrogen) atoms. The van der Waals surface area contributed by atoms with Gasteiger partial charge in [0.25, 0.3) is 0 Å². The second-order valence-electron chi connectivity index (χ2n) is 3.68. The van der Waals surface area contributed by atoms with Crippen LogP contribution in [0.1, 0.15) is 10.4 Å². The van der Waals surface area contributed by atoms with E-state index < -0.39 is 18.5 Å². The van der Waals surface area contributed by atoms with Gasteiger partial charge in [0.2, 0.25) is 0 Å². The number of ether oxygens (including phenoxy) is 1. The van der Waals surface area contributed by atoms with Gasteiger partial charge >= 0.3 is 11.9 Å². The molecular weight excluding hydrogens is 236 g/mol. The molecule has 5 heteroatoms. The largest absolute Gasteiger partial charge is 0.482 e. The van der Waals surface area contributed by atoms with Crippen molar-refractivity contribution in [3.8, 4) is 5.75 Å². The fourth-order valence-electron chi connectivity index (χ4n) is 1.69. The zero-order chi connectivity index (χ0) is 13.1. The molecule has 0 aliphatic carbocycles. The maximum atomic E-state index is 11.1. The number of fused-ring (bicyclic) bond motifs is 1. The number of aliphatic carboxylic acids is 1. The third kappa shape index (κ3) is 2.40. The molecule has 0 heterocycles. The first-order valence-electron chi connectivity index (χ1n) is 5.18. The van der Waals surface area contributed by atoms with Gasteiger partial charge < -0.3 is 14.9 Å². The van der Waals surface area contributed by atoms with Gasteiger partial charge in [0.05, 0.1) is 5.56 Å². The lowest BCUT2D eigenvalue weighted by Gasteiger charge is -2.08. The van der Waals surface area contributed by atoms with E-state index in [4.69, 9.17) is 14.9 Å². The maximum absolute atomic E-state index is 11.1. The number of hydrogen-bond donors (Lipinski definition) is 2. The van der Waals surface area contributed by atoms with Crippen LogP contribution < -0.4 is 4.74 Å². The summed E-state index contributed by atoms with van der Waals surface area (Å²) in [6.45, 7) is -0.503. The topological polar surface area (TPSA) is 83.8 Å². The van der Waals surface area contributed by atoms with Crippen LogP contribution >= 0.6 is 0 Å². The van der Waals surface area contributed by atoms with Crippen LogP contribution in [0.5, 0.6) is 5.75 Å². The maximum Gasteiger partial charge on any atom is 0.341 e. The van der Waals surface area contributed by atoms with Gasteiger partial charge in [-0.1, -0.05) is 24.3 Å². The normalized spacial score (nSPS) is 10.2. The Morgan fingerprint density at radius 2 is 1.83 bits per heavy atom. The minimum Gasteiger partial charge on any atom is -0.482 e. The Morgan fingerprint density at radius 3 is 2.50 bits per heavy atom. The van der Waals surface area contributed by atoms with Gasteiger partial charge in [-0.3, -0.25) is 0 Å². The SMILES string of the molecule is O=C(O)COc1cc(C(=O)O)c2ccccc2c1. The fraction of sp³-hybridized carbons (Fsp3) is 0.0769. The van der Waals surface area contributed by atoms with E-state index in [0.29, 0.717) is 10.8 Å². The van der Waals surface area contributed by atoms with Crippen LogP contribution in [0.15, 0.2) is 36.4 Å². The van der Waals surface area contributed by atoms with Crippen LogP contribution in [0, 0.1) is 0 Å². The summed E-state index contributed by atoms with van der Waals surface area (Å²) >= 11 is 0. The Bertz CT molecular complexity index is 618. The number of carboxylic acids is 2. The van der Waals surface area contributed by atoms with Gasteiger partial charge in [0.1, 0.15) is 5.75 Å². The number of rotatable bonds is 4. The van der Waals surface area contributed by atoms with Crippen molar-refractivity contribution in [2.45, 2.75) is 0 Å². The molecule has 0 spiro atoms. The van der Waals surface area contributed by atoms with Crippen LogP contribution in [0.25, 0.3) is 10.8 Å². The van der Waals surface area contributed by atoms with E-state index >= 15 is 0 Å². The van der Waals surface area contributed by atoms with Gasteiger partial charge in [-0.25, -0.2) is 9.59 Å². The molecule has 5 nitrogen and oxygen atoms in total. The van der Waals surface area contributed by atoms with Crippen molar-refractivity contribution in [3.63, 3.8) is 0 Å². The molecule has 92 valence electrons. The van der Waals surface area contributed by atoms with Gasteiger partial charge in [0.15, 0.2) is 6.61 Å². The van der Waals surface area contributed by atoms with Crippen molar-refractivity contribution < 1.29 is 24.5 Å². The molecular formula is C13H10O5. The minimum atomic E-state index is -1.11. The highest BCUT2D eigenvalue weighted by Crippen LogP contribution is 2.25. The van der Waals surface area contributed by atoms with E-state index in [-0.39, 0.29) is 11.3 Å². The van der Waals surface area contributed by atoms with Crippen LogP contribution in [-0.4, -0.2) is 28.8 Å². The van der Waals surface area contributed by atoms with Gasteiger partial charge in [-0.2, -0.15) is 0 Å². The van der Waals surface area contributed by atoms with Crippen molar-refractivity contribution in [2.24, 2.45) is 0 Å². The molecule has 2 N–H and O–H groups in total. The molecule has 2 aromatic rings. The minimum absolute atomic E-state index is 0.0912. The molecule has 0 atom stereocenters. The fourth-order valence-corrected chi connectivity index (χ4v) is 1.69. The molecule has 0 aliphatic heterocycles. The monoisotopic (exact) mass is 246 g/mol. The van der Waals surface area contributed by atoms with E-state index in [2.05, 4.69) is 0 Å². The van der Waals surface area contributed by atoms with E-state index in [1.54, 1.807) is 30.3 Å². The molecule has 0 aliphatic rings. The van der Waals surface area contributed by atoms with E-state index in [0.717, 1.165) is 0 Å².